The summed E-state index contributed by atoms with van der Waals surface area (Å²) in [6.07, 6.45) is 13.1. The number of Topliss-reactive ketones (excluding diaryl/α,β-unsaturated/α-hetero) is 1. The molecule has 0 aromatic carbocycles. The molecule has 2 saturated carbocycles. The minimum Gasteiger partial charge on any atom is -0.299 e. The fourth-order valence-corrected chi connectivity index (χ4v) is 5.91. The van der Waals surface area contributed by atoms with Crippen molar-refractivity contribution in [2.75, 3.05) is 10.7 Å². The van der Waals surface area contributed by atoms with Crippen molar-refractivity contribution in [3.8, 4) is 0 Å². The van der Waals surface area contributed by atoms with Crippen LogP contribution in [0.3, 0.4) is 0 Å². The smallest absolute Gasteiger partial charge is 0.141 e. The van der Waals surface area contributed by atoms with E-state index in [1.165, 1.54) is 64.2 Å². The molecule has 3 heteroatoms. The van der Waals surface area contributed by atoms with E-state index in [9.17, 15) is 4.79 Å². The first-order valence-electron chi connectivity index (χ1n) is 8.43. The normalized spacial score (nSPS) is 25.3. The van der Waals surface area contributed by atoms with E-state index in [0.29, 0.717) is 17.6 Å². The Morgan fingerprint density at radius 1 is 0.750 bits per heavy atom. The summed E-state index contributed by atoms with van der Waals surface area (Å²) in [5.74, 6) is 2.36. The van der Waals surface area contributed by atoms with Gasteiger partial charge in [0.25, 0.3) is 0 Å². The molecule has 0 aromatic heterocycles. The van der Waals surface area contributed by atoms with Crippen LogP contribution in [0.1, 0.15) is 64.2 Å². The molecule has 0 amide bonds. The third kappa shape index (κ3) is 4.32. The van der Waals surface area contributed by atoms with E-state index in [2.05, 4.69) is 31.9 Å². The lowest BCUT2D eigenvalue weighted by atomic mass is 9.72. The van der Waals surface area contributed by atoms with Crippen LogP contribution in [0.4, 0.5) is 0 Å². The molecule has 0 N–H and O–H groups in total. The maximum atomic E-state index is 13.0. The van der Waals surface area contributed by atoms with E-state index in [1.54, 1.807) is 0 Å². The maximum Gasteiger partial charge on any atom is 0.141 e. The molecule has 2 unspecified atom stereocenters. The number of hydrogen-bond acceptors (Lipinski definition) is 1. The van der Waals surface area contributed by atoms with E-state index < -0.39 is 0 Å². The van der Waals surface area contributed by atoms with Crippen molar-refractivity contribution < 1.29 is 4.79 Å². The van der Waals surface area contributed by atoms with Gasteiger partial charge in [-0.15, -0.1) is 0 Å². The fraction of sp³-hybridized carbons (Fsp3) is 0.941. The highest BCUT2D eigenvalue weighted by Gasteiger charge is 2.36. The van der Waals surface area contributed by atoms with Crippen molar-refractivity contribution in [1.82, 2.24) is 0 Å². The van der Waals surface area contributed by atoms with Crippen LogP contribution in [0.25, 0.3) is 0 Å². The molecule has 0 saturated heterocycles. The molecular weight excluding hydrogens is 380 g/mol. The fourth-order valence-electron chi connectivity index (χ4n) is 4.22. The van der Waals surface area contributed by atoms with Crippen molar-refractivity contribution >= 4 is 37.6 Å². The van der Waals surface area contributed by atoms with E-state index >= 15 is 0 Å². The first-order chi connectivity index (χ1) is 9.77. The van der Waals surface area contributed by atoms with Gasteiger partial charge in [0, 0.05) is 22.5 Å². The van der Waals surface area contributed by atoms with Gasteiger partial charge >= 0.3 is 0 Å². The molecule has 0 bridgehead atoms. The van der Waals surface area contributed by atoms with E-state index in [-0.39, 0.29) is 11.8 Å². The summed E-state index contributed by atoms with van der Waals surface area (Å²) in [5.41, 5.74) is 0. The van der Waals surface area contributed by atoms with Gasteiger partial charge in [0.05, 0.1) is 0 Å². The number of ketones is 1. The van der Waals surface area contributed by atoms with Gasteiger partial charge < -0.3 is 0 Å². The maximum absolute atomic E-state index is 13.0. The molecule has 2 atom stereocenters. The standard InChI is InChI=1S/C17H28Br2O/c18-11-15(13-7-3-1-4-8-13)17(20)16(12-19)14-9-5-2-6-10-14/h13-16H,1-12H2. The summed E-state index contributed by atoms with van der Waals surface area (Å²) < 4.78 is 0. The summed E-state index contributed by atoms with van der Waals surface area (Å²) in [6, 6.07) is 0. The van der Waals surface area contributed by atoms with Crippen molar-refractivity contribution in [3.05, 3.63) is 0 Å². The summed E-state index contributed by atoms with van der Waals surface area (Å²) in [7, 11) is 0. The summed E-state index contributed by atoms with van der Waals surface area (Å²) in [5, 5.41) is 1.74. The molecule has 2 rings (SSSR count). The highest BCUT2D eigenvalue weighted by atomic mass is 79.9. The highest BCUT2D eigenvalue weighted by molar-refractivity contribution is 9.09. The van der Waals surface area contributed by atoms with Gasteiger partial charge in [-0.2, -0.15) is 0 Å². The topological polar surface area (TPSA) is 17.1 Å². The zero-order valence-electron chi connectivity index (χ0n) is 12.5. The van der Waals surface area contributed by atoms with E-state index in [4.69, 9.17) is 0 Å². The number of carbonyl (C=O) groups is 1. The summed E-state index contributed by atoms with van der Waals surface area (Å²) in [6.45, 7) is 0. The zero-order chi connectivity index (χ0) is 14.4. The molecule has 1 nitrogen and oxygen atoms in total. The third-order valence-electron chi connectivity index (χ3n) is 5.50. The van der Waals surface area contributed by atoms with E-state index in [1.807, 2.05) is 0 Å². The Balaban J connectivity index is 2.00. The van der Waals surface area contributed by atoms with Crippen molar-refractivity contribution in [3.63, 3.8) is 0 Å². The highest BCUT2D eigenvalue weighted by Crippen LogP contribution is 2.37. The van der Waals surface area contributed by atoms with Crippen LogP contribution in [0, 0.1) is 23.7 Å². The van der Waals surface area contributed by atoms with Gasteiger partial charge in [0.15, 0.2) is 0 Å². The number of carbonyl (C=O) groups excluding carboxylic acids is 1. The quantitative estimate of drug-likeness (QED) is 0.513. The SMILES string of the molecule is O=C(C(CBr)C1CCCCC1)C(CBr)C1CCCCC1. The zero-order valence-corrected chi connectivity index (χ0v) is 15.6. The Morgan fingerprint density at radius 2 is 1.10 bits per heavy atom. The lowest BCUT2D eigenvalue weighted by Gasteiger charge is -2.34. The van der Waals surface area contributed by atoms with Gasteiger partial charge in [-0.3, -0.25) is 4.79 Å². The average molecular weight is 408 g/mol. The van der Waals surface area contributed by atoms with Crippen LogP contribution in [-0.4, -0.2) is 16.4 Å². The Morgan fingerprint density at radius 3 is 1.40 bits per heavy atom. The number of hydrogen-bond donors (Lipinski definition) is 0. The first kappa shape index (κ1) is 17.0. The van der Waals surface area contributed by atoms with Crippen LogP contribution in [0.15, 0.2) is 0 Å². The van der Waals surface area contributed by atoms with Crippen LogP contribution in [0.5, 0.6) is 0 Å². The van der Waals surface area contributed by atoms with Crippen LogP contribution >= 0.6 is 31.9 Å². The second kappa shape index (κ2) is 8.92. The number of rotatable bonds is 6. The molecule has 20 heavy (non-hydrogen) atoms. The predicted molar refractivity (Wildman–Crippen MR) is 92.7 cm³/mol. The molecule has 0 aromatic rings. The van der Waals surface area contributed by atoms with Gasteiger partial charge in [0.2, 0.25) is 0 Å². The summed E-state index contributed by atoms with van der Waals surface area (Å²) in [4.78, 5) is 13.0. The third-order valence-corrected chi connectivity index (χ3v) is 6.90. The second-order valence-corrected chi connectivity index (χ2v) is 8.02. The second-order valence-electron chi connectivity index (χ2n) is 6.72. The van der Waals surface area contributed by atoms with E-state index in [0.717, 1.165) is 10.7 Å². The first-order valence-corrected chi connectivity index (χ1v) is 10.7. The monoisotopic (exact) mass is 406 g/mol. The minimum atomic E-state index is 0.264. The molecule has 2 aliphatic carbocycles. The van der Waals surface area contributed by atoms with Crippen LogP contribution < -0.4 is 0 Å². The summed E-state index contributed by atoms with van der Waals surface area (Å²) >= 11 is 7.27. The van der Waals surface area contributed by atoms with Crippen molar-refractivity contribution in [1.29, 1.82) is 0 Å². The Bertz CT molecular complexity index is 265. The van der Waals surface area contributed by atoms with Crippen LogP contribution in [-0.2, 0) is 4.79 Å². The van der Waals surface area contributed by atoms with Gasteiger partial charge in [-0.25, -0.2) is 0 Å². The van der Waals surface area contributed by atoms with Crippen LogP contribution in [0.2, 0.25) is 0 Å². The lowest BCUT2D eigenvalue weighted by molar-refractivity contribution is -0.129. The Kier molecular flexibility index (Phi) is 7.58. The molecule has 2 fully saturated rings. The minimum absolute atomic E-state index is 0.264. The molecule has 0 heterocycles. The predicted octanol–water partition coefficient (Wildman–Crippen LogP) is 5.74. The largest absolute Gasteiger partial charge is 0.299 e. The van der Waals surface area contributed by atoms with Crippen molar-refractivity contribution in [2.45, 2.75) is 64.2 Å². The van der Waals surface area contributed by atoms with Gasteiger partial charge in [0.1, 0.15) is 5.78 Å². The lowest BCUT2D eigenvalue weighted by Crippen LogP contribution is -2.37. The molecule has 0 aliphatic heterocycles. The number of halogens is 2. The molecular formula is C17H28Br2O. The molecule has 2 aliphatic rings. The molecule has 0 spiro atoms. The van der Waals surface area contributed by atoms with Crippen molar-refractivity contribution in [2.24, 2.45) is 23.7 Å². The average Bonchev–Trinajstić information content (AvgIpc) is 2.51. The molecule has 116 valence electrons. The van der Waals surface area contributed by atoms with Gasteiger partial charge in [-0.05, 0) is 37.5 Å². The Labute approximate surface area is 140 Å². The Hall–Kier alpha value is 0.630. The molecule has 0 radical (unpaired) electrons. The van der Waals surface area contributed by atoms with Gasteiger partial charge in [-0.1, -0.05) is 70.4 Å². The number of alkyl halides is 2.